The lowest BCUT2D eigenvalue weighted by atomic mass is 9.99. The van der Waals surface area contributed by atoms with Crippen molar-refractivity contribution in [1.82, 2.24) is 9.88 Å². The second kappa shape index (κ2) is 7.76. The summed E-state index contributed by atoms with van der Waals surface area (Å²) in [4.78, 5) is 18.9. The molecule has 0 N–H and O–H groups in total. The standard InChI is InChI=1S/C22H22N2O4/c1-26-19-11-16-8-10-24(13-17(16)12-20(19)27-2)21(25)14-28-18-7-3-5-15-6-4-9-23-22(15)18/h3-7,9,11-12H,8,10,13-14H2,1-2H3. The number of rotatable bonds is 5. The number of amides is 1. The van der Waals surface area contributed by atoms with Gasteiger partial charge in [-0.3, -0.25) is 9.78 Å². The molecule has 0 unspecified atom stereocenters. The highest BCUT2D eigenvalue weighted by atomic mass is 16.5. The topological polar surface area (TPSA) is 60.9 Å². The minimum atomic E-state index is -0.0478. The number of methoxy groups -OCH3 is 2. The average molecular weight is 378 g/mol. The van der Waals surface area contributed by atoms with Gasteiger partial charge >= 0.3 is 0 Å². The fourth-order valence-corrected chi connectivity index (χ4v) is 3.52. The van der Waals surface area contributed by atoms with E-state index in [-0.39, 0.29) is 12.5 Å². The fourth-order valence-electron chi connectivity index (χ4n) is 3.52. The van der Waals surface area contributed by atoms with Gasteiger partial charge in [0.05, 0.1) is 14.2 Å². The zero-order chi connectivity index (χ0) is 19.5. The number of carbonyl (C=O) groups excluding carboxylic acids is 1. The third-order valence-electron chi connectivity index (χ3n) is 5.02. The molecule has 0 aliphatic carbocycles. The molecule has 2 heterocycles. The lowest BCUT2D eigenvalue weighted by Gasteiger charge is -2.29. The summed E-state index contributed by atoms with van der Waals surface area (Å²) in [7, 11) is 3.24. The lowest BCUT2D eigenvalue weighted by Crippen LogP contribution is -2.38. The molecule has 1 aliphatic rings. The molecule has 0 saturated heterocycles. The van der Waals surface area contributed by atoms with E-state index in [9.17, 15) is 4.79 Å². The van der Waals surface area contributed by atoms with E-state index in [1.165, 1.54) is 5.56 Å². The smallest absolute Gasteiger partial charge is 0.260 e. The average Bonchev–Trinajstić information content (AvgIpc) is 2.75. The highest BCUT2D eigenvalue weighted by Gasteiger charge is 2.23. The third kappa shape index (κ3) is 3.45. The maximum Gasteiger partial charge on any atom is 0.260 e. The lowest BCUT2D eigenvalue weighted by molar-refractivity contribution is -0.134. The summed E-state index contributed by atoms with van der Waals surface area (Å²) in [5.41, 5.74) is 3.02. The van der Waals surface area contributed by atoms with Crippen LogP contribution in [0, 0.1) is 0 Å². The zero-order valence-corrected chi connectivity index (χ0v) is 16.0. The van der Waals surface area contributed by atoms with Crippen LogP contribution in [0.5, 0.6) is 17.2 Å². The van der Waals surface area contributed by atoms with Gasteiger partial charge in [-0.1, -0.05) is 18.2 Å². The van der Waals surface area contributed by atoms with Gasteiger partial charge in [-0.15, -0.1) is 0 Å². The number of aromatic nitrogens is 1. The van der Waals surface area contributed by atoms with Crippen molar-refractivity contribution >= 4 is 16.8 Å². The van der Waals surface area contributed by atoms with Crippen molar-refractivity contribution in [2.24, 2.45) is 0 Å². The molecule has 4 rings (SSSR count). The molecule has 0 spiro atoms. The molecule has 6 heteroatoms. The highest BCUT2D eigenvalue weighted by molar-refractivity contribution is 5.85. The Morgan fingerprint density at radius 1 is 1.04 bits per heavy atom. The van der Waals surface area contributed by atoms with Crippen LogP contribution in [-0.4, -0.2) is 43.2 Å². The van der Waals surface area contributed by atoms with Crippen molar-refractivity contribution in [2.75, 3.05) is 27.4 Å². The van der Waals surface area contributed by atoms with Gasteiger partial charge in [-0.2, -0.15) is 0 Å². The Labute approximate surface area is 163 Å². The van der Waals surface area contributed by atoms with Crippen LogP contribution in [0.2, 0.25) is 0 Å². The summed E-state index contributed by atoms with van der Waals surface area (Å²) < 4.78 is 16.6. The number of benzene rings is 2. The van der Waals surface area contributed by atoms with Crippen LogP contribution >= 0.6 is 0 Å². The molecule has 3 aromatic rings. The Hall–Kier alpha value is -3.28. The first kappa shape index (κ1) is 18.1. The van der Waals surface area contributed by atoms with Crippen LogP contribution in [0.4, 0.5) is 0 Å². The number of ether oxygens (including phenoxy) is 3. The van der Waals surface area contributed by atoms with Crippen molar-refractivity contribution in [3.05, 3.63) is 59.8 Å². The monoisotopic (exact) mass is 378 g/mol. The summed E-state index contributed by atoms with van der Waals surface area (Å²) in [6.45, 7) is 1.17. The van der Waals surface area contributed by atoms with E-state index in [1.807, 2.05) is 47.4 Å². The largest absolute Gasteiger partial charge is 0.493 e. The molecule has 144 valence electrons. The Morgan fingerprint density at radius 3 is 2.57 bits per heavy atom. The van der Waals surface area contributed by atoms with E-state index in [4.69, 9.17) is 14.2 Å². The van der Waals surface area contributed by atoms with Gasteiger partial charge in [-0.05, 0) is 41.8 Å². The molecule has 0 saturated carbocycles. The van der Waals surface area contributed by atoms with Gasteiger partial charge in [0, 0.05) is 24.7 Å². The van der Waals surface area contributed by atoms with Crippen LogP contribution < -0.4 is 14.2 Å². The molecule has 2 aromatic carbocycles. The Morgan fingerprint density at radius 2 is 1.79 bits per heavy atom. The van der Waals surface area contributed by atoms with Crippen molar-refractivity contribution in [2.45, 2.75) is 13.0 Å². The van der Waals surface area contributed by atoms with E-state index in [1.54, 1.807) is 20.4 Å². The van der Waals surface area contributed by atoms with E-state index < -0.39 is 0 Å². The second-order valence-electron chi connectivity index (χ2n) is 6.66. The minimum Gasteiger partial charge on any atom is -0.493 e. The summed E-state index contributed by atoms with van der Waals surface area (Å²) in [6, 6.07) is 13.5. The summed E-state index contributed by atoms with van der Waals surface area (Å²) in [5.74, 6) is 1.96. The highest BCUT2D eigenvalue weighted by Crippen LogP contribution is 2.33. The summed E-state index contributed by atoms with van der Waals surface area (Å²) in [5, 5.41) is 0.986. The molecule has 0 radical (unpaired) electrons. The van der Waals surface area contributed by atoms with Gasteiger partial charge in [0.25, 0.3) is 5.91 Å². The molecule has 6 nitrogen and oxygen atoms in total. The molecule has 1 aliphatic heterocycles. The van der Waals surface area contributed by atoms with Crippen LogP contribution in [0.3, 0.4) is 0 Å². The van der Waals surface area contributed by atoms with Crippen molar-refractivity contribution in [3.8, 4) is 17.2 Å². The quantitative estimate of drug-likeness (QED) is 0.682. The Balaban J connectivity index is 1.46. The SMILES string of the molecule is COc1cc2c(cc1OC)CN(C(=O)COc1cccc3cccnc13)CC2. The molecule has 28 heavy (non-hydrogen) atoms. The number of para-hydroxylation sites is 1. The zero-order valence-electron chi connectivity index (χ0n) is 16.0. The van der Waals surface area contributed by atoms with Crippen molar-refractivity contribution in [3.63, 3.8) is 0 Å². The van der Waals surface area contributed by atoms with Crippen LogP contribution in [0.15, 0.2) is 48.7 Å². The maximum absolute atomic E-state index is 12.7. The van der Waals surface area contributed by atoms with Gasteiger partial charge in [0.1, 0.15) is 11.3 Å². The van der Waals surface area contributed by atoms with Crippen molar-refractivity contribution < 1.29 is 19.0 Å². The number of hydrogen-bond acceptors (Lipinski definition) is 5. The molecule has 0 fully saturated rings. The van der Waals surface area contributed by atoms with Crippen LogP contribution in [-0.2, 0) is 17.8 Å². The Bertz CT molecular complexity index is 1010. The van der Waals surface area contributed by atoms with Gasteiger partial charge < -0.3 is 19.1 Å². The summed E-state index contributed by atoms with van der Waals surface area (Å²) in [6.07, 6.45) is 2.50. The van der Waals surface area contributed by atoms with E-state index >= 15 is 0 Å². The molecular weight excluding hydrogens is 356 g/mol. The Kier molecular flexibility index (Phi) is 5.02. The third-order valence-corrected chi connectivity index (χ3v) is 5.02. The minimum absolute atomic E-state index is 0.0156. The van der Waals surface area contributed by atoms with Gasteiger partial charge in [0.15, 0.2) is 18.1 Å². The van der Waals surface area contributed by atoms with Crippen LogP contribution in [0.25, 0.3) is 10.9 Å². The molecular formula is C22H22N2O4. The first-order chi connectivity index (χ1) is 13.7. The van der Waals surface area contributed by atoms with Gasteiger partial charge in [0.2, 0.25) is 0 Å². The van der Waals surface area contributed by atoms with Gasteiger partial charge in [-0.25, -0.2) is 0 Å². The number of nitrogens with zero attached hydrogens (tertiary/aromatic N) is 2. The fraction of sp³-hybridized carbons (Fsp3) is 0.273. The number of pyridine rings is 1. The molecule has 1 aromatic heterocycles. The van der Waals surface area contributed by atoms with E-state index in [0.29, 0.717) is 30.3 Å². The van der Waals surface area contributed by atoms with E-state index in [2.05, 4.69) is 4.98 Å². The first-order valence-electron chi connectivity index (χ1n) is 9.17. The predicted octanol–water partition coefficient (Wildman–Crippen LogP) is 3.22. The normalized spacial score (nSPS) is 13.1. The number of hydrogen-bond donors (Lipinski definition) is 0. The molecule has 0 atom stereocenters. The number of carbonyl (C=O) groups is 1. The predicted molar refractivity (Wildman–Crippen MR) is 106 cm³/mol. The molecule has 1 amide bonds. The maximum atomic E-state index is 12.7. The van der Waals surface area contributed by atoms with Crippen LogP contribution in [0.1, 0.15) is 11.1 Å². The number of fused-ring (bicyclic) bond motifs is 2. The molecule has 0 bridgehead atoms. The van der Waals surface area contributed by atoms with Crippen molar-refractivity contribution in [1.29, 1.82) is 0 Å². The second-order valence-corrected chi connectivity index (χ2v) is 6.66. The van der Waals surface area contributed by atoms with E-state index in [0.717, 1.165) is 22.9 Å². The summed E-state index contributed by atoms with van der Waals surface area (Å²) >= 11 is 0. The first-order valence-corrected chi connectivity index (χ1v) is 9.17.